The van der Waals surface area contributed by atoms with Crippen LogP contribution in [0.3, 0.4) is 0 Å². The number of ether oxygens (including phenoxy) is 1. The Bertz CT molecular complexity index is 740. The second-order valence-corrected chi connectivity index (χ2v) is 7.92. The summed E-state index contributed by atoms with van der Waals surface area (Å²) >= 11 is 0. The fourth-order valence-corrected chi connectivity index (χ4v) is 4.50. The molecule has 2 aliphatic rings. The molecule has 0 saturated carbocycles. The largest absolute Gasteiger partial charge is 0.375 e. The normalized spacial score (nSPS) is 26.3. The zero-order valence-electron chi connectivity index (χ0n) is 13.3. The van der Waals surface area contributed by atoms with Crippen LogP contribution in [0, 0.1) is 5.82 Å². The van der Waals surface area contributed by atoms with Gasteiger partial charge in [0.1, 0.15) is 11.9 Å². The molecule has 24 heavy (non-hydrogen) atoms. The van der Waals surface area contributed by atoms with Crippen molar-refractivity contribution in [3.05, 3.63) is 24.0 Å². The number of nitrogens with zero attached hydrogens (tertiary/aromatic N) is 1. The minimum atomic E-state index is -3.49. The highest BCUT2D eigenvalue weighted by Crippen LogP contribution is 2.29. The average molecular weight is 357 g/mol. The van der Waals surface area contributed by atoms with Crippen LogP contribution in [-0.2, 0) is 19.6 Å². The van der Waals surface area contributed by atoms with Crippen molar-refractivity contribution in [3.63, 3.8) is 0 Å². The number of benzene rings is 1. The number of anilines is 2. The summed E-state index contributed by atoms with van der Waals surface area (Å²) in [5.74, 6) is -0.931. The van der Waals surface area contributed by atoms with Crippen LogP contribution in [0.25, 0.3) is 0 Å². The number of nitrogens with one attached hydrogen (secondary N) is 2. The van der Waals surface area contributed by atoms with Crippen molar-refractivity contribution in [3.8, 4) is 0 Å². The van der Waals surface area contributed by atoms with Gasteiger partial charge in [-0.3, -0.25) is 9.10 Å². The van der Waals surface area contributed by atoms with E-state index in [1.54, 1.807) is 6.92 Å². The van der Waals surface area contributed by atoms with Gasteiger partial charge in [-0.15, -0.1) is 0 Å². The number of amides is 1. The number of carbonyl (C=O) groups is 1. The highest BCUT2D eigenvalue weighted by molar-refractivity contribution is 7.93. The molecule has 0 radical (unpaired) electrons. The van der Waals surface area contributed by atoms with Gasteiger partial charge in [0.25, 0.3) is 0 Å². The summed E-state index contributed by atoms with van der Waals surface area (Å²) in [6.45, 7) is 3.15. The van der Waals surface area contributed by atoms with Crippen molar-refractivity contribution in [2.24, 2.45) is 0 Å². The lowest BCUT2D eigenvalue weighted by atomic mass is 10.1. The topological polar surface area (TPSA) is 87.7 Å². The van der Waals surface area contributed by atoms with Crippen molar-refractivity contribution < 1.29 is 22.3 Å². The minimum Gasteiger partial charge on any atom is -0.375 e. The van der Waals surface area contributed by atoms with E-state index < -0.39 is 21.9 Å². The van der Waals surface area contributed by atoms with Crippen LogP contribution >= 0.6 is 0 Å². The Labute approximate surface area is 140 Å². The molecular formula is C15H20FN3O4S. The quantitative estimate of drug-likeness (QED) is 0.831. The molecule has 3 rings (SSSR count). The van der Waals surface area contributed by atoms with Gasteiger partial charge < -0.3 is 15.4 Å². The predicted octanol–water partition coefficient (Wildman–Crippen LogP) is 0.681. The number of hydrogen-bond donors (Lipinski definition) is 2. The monoisotopic (exact) mass is 357 g/mol. The molecule has 2 heterocycles. The van der Waals surface area contributed by atoms with E-state index in [-0.39, 0.29) is 30.0 Å². The van der Waals surface area contributed by atoms with E-state index in [1.165, 1.54) is 12.1 Å². The lowest BCUT2D eigenvalue weighted by molar-refractivity contribution is -0.123. The number of halogens is 1. The molecule has 2 N–H and O–H groups in total. The van der Waals surface area contributed by atoms with E-state index >= 15 is 0 Å². The first-order valence-corrected chi connectivity index (χ1v) is 9.45. The first-order chi connectivity index (χ1) is 11.4. The Kier molecular flexibility index (Phi) is 4.75. The van der Waals surface area contributed by atoms with Crippen LogP contribution in [0.2, 0.25) is 0 Å². The maximum atomic E-state index is 14.1. The molecule has 2 aliphatic heterocycles. The highest BCUT2D eigenvalue weighted by Gasteiger charge is 2.31. The van der Waals surface area contributed by atoms with Crippen LogP contribution in [0.4, 0.5) is 15.8 Å². The van der Waals surface area contributed by atoms with E-state index in [9.17, 15) is 17.6 Å². The molecule has 2 atom stereocenters. The summed E-state index contributed by atoms with van der Waals surface area (Å²) < 4.78 is 44.5. The van der Waals surface area contributed by atoms with E-state index in [0.717, 1.165) is 10.4 Å². The van der Waals surface area contributed by atoms with Crippen molar-refractivity contribution in [1.29, 1.82) is 0 Å². The fraction of sp³-hybridized carbons (Fsp3) is 0.533. The molecule has 1 aromatic carbocycles. The summed E-state index contributed by atoms with van der Waals surface area (Å²) in [6, 6.07) is 3.41. The Balaban J connectivity index is 1.80. The molecule has 2 fully saturated rings. The zero-order chi connectivity index (χ0) is 17.3. The van der Waals surface area contributed by atoms with Gasteiger partial charge in [0.15, 0.2) is 0 Å². The summed E-state index contributed by atoms with van der Waals surface area (Å²) in [7, 11) is -3.49. The maximum absolute atomic E-state index is 14.1. The predicted molar refractivity (Wildman–Crippen MR) is 88.0 cm³/mol. The van der Waals surface area contributed by atoms with E-state index in [1.807, 2.05) is 0 Å². The first kappa shape index (κ1) is 17.1. The van der Waals surface area contributed by atoms with E-state index in [4.69, 9.17) is 4.74 Å². The maximum Gasteiger partial charge on any atom is 0.244 e. The Morgan fingerprint density at radius 3 is 2.92 bits per heavy atom. The standard InChI is InChI=1S/C15H20FN3O4S/c1-10-14(17-5-7-23-10)15(20)18-11-3-4-12(16)13(9-11)19-6-2-8-24(19,21)22/h3-4,9-10,14,17H,2,5-8H2,1H3,(H,18,20)/t10-,14+/m1/s1. The van der Waals surface area contributed by atoms with Gasteiger partial charge in [-0.05, 0) is 31.5 Å². The van der Waals surface area contributed by atoms with Gasteiger partial charge in [0.05, 0.1) is 24.2 Å². The first-order valence-electron chi connectivity index (χ1n) is 7.84. The second-order valence-electron chi connectivity index (χ2n) is 5.90. The van der Waals surface area contributed by atoms with Crippen LogP contribution in [0.1, 0.15) is 13.3 Å². The Morgan fingerprint density at radius 1 is 1.46 bits per heavy atom. The molecule has 1 amide bonds. The van der Waals surface area contributed by atoms with Gasteiger partial charge >= 0.3 is 0 Å². The van der Waals surface area contributed by atoms with Crippen molar-refractivity contribution in [1.82, 2.24) is 5.32 Å². The molecule has 0 aliphatic carbocycles. The molecule has 1 aromatic rings. The zero-order valence-corrected chi connectivity index (χ0v) is 14.1. The smallest absolute Gasteiger partial charge is 0.244 e. The molecule has 0 spiro atoms. The lowest BCUT2D eigenvalue weighted by Gasteiger charge is -2.29. The Hall–Kier alpha value is -1.71. The van der Waals surface area contributed by atoms with Crippen LogP contribution in [-0.4, -0.2) is 51.9 Å². The molecule has 0 aromatic heterocycles. The van der Waals surface area contributed by atoms with Crippen molar-refractivity contribution in [2.75, 3.05) is 35.1 Å². The summed E-state index contributed by atoms with van der Waals surface area (Å²) in [4.78, 5) is 12.3. The summed E-state index contributed by atoms with van der Waals surface area (Å²) in [5.41, 5.74) is 0.310. The van der Waals surface area contributed by atoms with Crippen LogP contribution in [0.5, 0.6) is 0 Å². The third-order valence-electron chi connectivity index (χ3n) is 4.18. The number of carbonyl (C=O) groups excluding carboxylic acids is 1. The summed E-state index contributed by atoms with van der Waals surface area (Å²) in [5, 5.41) is 5.76. The fourth-order valence-electron chi connectivity index (χ4n) is 2.94. The number of morpholine rings is 1. The minimum absolute atomic E-state index is 0.00384. The SMILES string of the molecule is C[C@H]1OCCN[C@@H]1C(=O)Nc1ccc(F)c(N2CCCS2(=O)=O)c1. The van der Waals surface area contributed by atoms with Gasteiger partial charge in [0.2, 0.25) is 15.9 Å². The number of rotatable bonds is 3. The molecule has 2 saturated heterocycles. The molecule has 0 bridgehead atoms. The Morgan fingerprint density at radius 2 is 2.25 bits per heavy atom. The lowest BCUT2D eigenvalue weighted by Crippen LogP contribution is -2.53. The van der Waals surface area contributed by atoms with Gasteiger partial charge in [-0.25, -0.2) is 12.8 Å². The van der Waals surface area contributed by atoms with Gasteiger partial charge in [-0.2, -0.15) is 0 Å². The van der Waals surface area contributed by atoms with E-state index in [0.29, 0.717) is 25.3 Å². The third-order valence-corrected chi connectivity index (χ3v) is 6.04. The third kappa shape index (κ3) is 3.38. The molecule has 132 valence electrons. The average Bonchev–Trinajstić information content (AvgIpc) is 2.89. The van der Waals surface area contributed by atoms with Gasteiger partial charge in [-0.1, -0.05) is 0 Å². The van der Waals surface area contributed by atoms with Gasteiger partial charge in [0, 0.05) is 18.8 Å². The van der Waals surface area contributed by atoms with E-state index in [2.05, 4.69) is 10.6 Å². The molecule has 9 heteroatoms. The van der Waals surface area contributed by atoms with Crippen molar-refractivity contribution >= 4 is 27.3 Å². The second kappa shape index (κ2) is 6.66. The molecular weight excluding hydrogens is 337 g/mol. The number of sulfonamides is 1. The van der Waals surface area contributed by atoms with Crippen LogP contribution < -0.4 is 14.9 Å². The van der Waals surface area contributed by atoms with Crippen molar-refractivity contribution in [2.45, 2.75) is 25.5 Å². The number of hydrogen-bond acceptors (Lipinski definition) is 5. The molecule has 0 unspecified atom stereocenters. The molecule has 7 nitrogen and oxygen atoms in total. The van der Waals surface area contributed by atoms with Crippen LogP contribution in [0.15, 0.2) is 18.2 Å². The summed E-state index contributed by atoms with van der Waals surface area (Å²) in [6.07, 6.45) is 0.178. The highest BCUT2D eigenvalue weighted by atomic mass is 32.2.